The van der Waals surface area contributed by atoms with Gasteiger partial charge >= 0.3 is 0 Å². The summed E-state index contributed by atoms with van der Waals surface area (Å²) in [6.07, 6.45) is 0.763. The second-order valence-corrected chi connectivity index (χ2v) is 5.66. The highest BCUT2D eigenvalue weighted by Gasteiger charge is 2.46. The zero-order valence-electron chi connectivity index (χ0n) is 10.9. The van der Waals surface area contributed by atoms with Crippen LogP contribution in [0.25, 0.3) is 0 Å². The van der Waals surface area contributed by atoms with Gasteiger partial charge in [-0.25, -0.2) is 4.98 Å². The molecule has 1 aromatic rings. The van der Waals surface area contributed by atoms with E-state index < -0.39 is 0 Å². The lowest BCUT2D eigenvalue weighted by molar-refractivity contribution is -0.0661. The van der Waals surface area contributed by atoms with Crippen molar-refractivity contribution >= 4 is 31.9 Å². The molecule has 2 rings (SSSR count). The summed E-state index contributed by atoms with van der Waals surface area (Å²) in [4.78, 5) is 4.18. The zero-order valence-corrected chi connectivity index (χ0v) is 14.0. The van der Waals surface area contributed by atoms with E-state index in [4.69, 9.17) is 18.9 Å². The minimum absolute atomic E-state index is 0.182. The van der Waals surface area contributed by atoms with E-state index in [0.29, 0.717) is 6.61 Å². The molecule has 0 aromatic carbocycles. The highest BCUT2D eigenvalue weighted by molar-refractivity contribution is 9.13. The standard InChI is InChI=1S/C11H16Br2N2O4/c1-16-4-6-7(17-2)8(18-3)11(19-6)15-5-14-9(12)10(15)13/h5-8,11H,4H2,1-3H3/t6-,7-,8-,11-/m1/s1. The van der Waals surface area contributed by atoms with Gasteiger partial charge < -0.3 is 18.9 Å². The van der Waals surface area contributed by atoms with Crippen molar-refractivity contribution in [1.82, 2.24) is 9.55 Å². The van der Waals surface area contributed by atoms with Gasteiger partial charge in [-0.2, -0.15) is 0 Å². The zero-order chi connectivity index (χ0) is 14.0. The maximum Gasteiger partial charge on any atom is 0.165 e. The maximum absolute atomic E-state index is 5.99. The van der Waals surface area contributed by atoms with Crippen molar-refractivity contribution in [2.24, 2.45) is 0 Å². The SMILES string of the molecule is COC[C@H]1O[C@@H](n2cnc(Br)c2Br)[C@H](OC)[C@@H]1OC. The Hall–Kier alpha value is 0.01000. The number of ether oxygens (including phenoxy) is 4. The second-order valence-electron chi connectivity index (χ2n) is 4.15. The van der Waals surface area contributed by atoms with Gasteiger partial charge in [0, 0.05) is 21.3 Å². The third kappa shape index (κ3) is 2.88. The van der Waals surface area contributed by atoms with Gasteiger partial charge in [0.05, 0.1) is 12.9 Å². The summed E-state index contributed by atoms with van der Waals surface area (Å²) in [5.74, 6) is 0. The largest absolute Gasteiger partial charge is 0.382 e. The summed E-state index contributed by atoms with van der Waals surface area (Å²) in [5, 5.41) is 0. The summed E-state index contributed by atoms with van der Waals surface area (Å²) >= 11 is 6.82. The van der Waals surface area contributed by atoms with E-state index in [1.165, 1.54) is 0 Å². The number of halogens is 2. The van der Waals surface area contributed by atoms with Gasteiger partial charge in [0.1, 0.15) is 27.5 Å². The molecule has 1 saturated heterocycles. The third-order valence-corrected chi connectivity index (χ3v) is 5.02. The molecular formula is C11H16Br2N2O4. The molecule has 0 aliphatic carbocycles. The molecule has 1 aromatic heterocycles. The van der Waals surface area contributed by atoms with Crippen LogP contribution >= 0.6 is 31.9 Å². The lowest BCUT2D eigenvalue weighted by Crippen LogP contribution is -2.36. The Kier molecular flexibility index (Phi) is 5.38. The van der Waals surface area contributed by atoms with Gasteiger partial charge in [-0.15, -0.1) is 0 Å². The van der Waals surface area contributed by atoms with Crippen LogP contribution < -0.4 is 0 Å². The average Bonchev–Trinajstić information content (AvgIpc) is 2.91. The van der Waals surface area contributed by atoms with Gasteiger partial charge in [-0.1, -0.05) is 0 Å². The predicted octanol–water partition coefficient (Wildman–Crippen LogP) is 1.98. The number of hydrogen-bond donors (Lipinski definition) is 0. The number of imidazole rings is 1. The van der Waals surface area contributed by atoms with Crippen molar-refractivity contribution in [2.75, 3.05) is 27.9 Å². The molecule has 4 atom stereocenters. The van der Waals surface area contributed by atoms with E-state index in [0.717, 1.165) is 9.21 Å². The van der Waals surface area contributed by atoms with E-state index >= 15 is 0 Å². The monoisotopic (exact) mass is 398 g/mol. The van der Waals surface area contributed by atoms with Crippen molar-refractivity contribution in [2.45, 2.75) is 24.5 Å². The third-order valence-electron chi connectivity index (χ3n) is 3.13. The summed E-state index contributed by atoms with van der Waals surface area (Å²) in [6.45, 7) is 0.447. The number of aromatic nitrogens is 2. The molecular weight excluding hydrogens is 384 g/mol. The number of rotatable bonds is 5. The van der Waals surface area contributed by atoms with Gasteiger partial charge in [-0.3, -0.25) is 4.57 Å². The summed E-state index contributed by atoms with van der Waals surface area (Å²) in [5.41, 5.74) is 0. The molecule has 0 radical (unpaired) electrons. The van der Waals surface area contributed by atoms with Crippen LogP contribution in [-0.2, 0) is 18.9 Å². The molecule has 1 aliphatic rings. The topological polar surface area (TPSA) is 54.7 Å². The minimum atomic E-state index is -0.316. The molecule has 6 nitrogen and oxygen atoms in total. The molecule has 0 N–H and O–H groups in total. The van der Waals surface area contributed by atoms with Crippen LogP contribution in [0.3, 0.4) is 0 Å². The van der Waals surface area contributed by atoms with E-state index in [9.17, 15) is 0 Å². The van der Waals surface area contributed by atoms with Gasteiger partial charge in [0.2, 0.25) is 0 Å². The van der Waals surface area contributed by atoms with Crippen molar-refractivity contribution in [3.8, 4) is 0 Å². The molecule has 1 fully saturated rings. The fourth-order valence-corrected chi connectivity index (χ4v) is 2.96. The Morgan fingerprint density at radius 1 is 1.26 bits per heavy atom. The average molecular weight is 400 g/mol. The maximum atomic E-state index is 5.99. The van der Waals surface area contributed by atoms with E-state index in [1.54, 1.807) is 27.7 Å². The minimum Gasteiger partial charge on any atom is -0.382 e. The van der Waals surface area contributed by atoms with E-state index in [1.807, 2.05) is 4.57 Å². The first kappa shape index (κ1) is 15.4. The highest BCUT2D eigenvalue weighted by atomic mass is 79.9. The Labute approximate surface area is 128 Å². The molecule has 0 saturated carbocycles. The Bertz CT molecular complexity index is 429. The van der Waals surface area contributed by atoms with Crippen LogP contribution in [-0.4, -0.2) is 55.8 Å². The molecule has 0 unspecified atom stereocenters. The smallest absolute Gasteiger partial charge is 0.165 e. The Balaban J connectivity index is 2.27. The number of nitrogens with zero attached hydrogens (tertiary/aromatic N) is 2. The normalized spacial score (nSPS) is 31.0. The predicted molar refractivity (Wildman–Crippen MR) is 75.0 cm³/mol. The van der Waals surface area contributed by atoms with Crippen LogP contribution in [0.2, 0.25) is 0 Å². The van der Waals surface area contributed by atoms with Crippen molar-refractivity contribution < 1.29 is 18.9 Å². The Morgan fingerprint density at radius 2 is 1.95 bits per heavy atom. The molecule has 1 aliphatic heterocycles. The molecule has 0 spiro atoms. The fourth-order valence-electron chi connectivity index (χ4n) is 2.27. The van der Waals surface area contributed by atoms with Crippen molar-refractivity contribution in [3.63, 3.8) is 0 Å². The number of methoxy groups -OCH3 is 3. The molecule has 0 bridgehead atoms. The van der Waals surface area contributed by atoms with Crippen LogP contribution in [0, 0.1) is 0 Å². The van der Waals surface area contributed by atoms with Crippen LogP contribution in [0.1, 0.15) is 6.23 Å². The van der Waals surface area contributed by atoms with Crippen molar-refractivity contribution in [3.05, 3.63) is 15.5 Å². The lowest BCUT2D eigenvalue weighted by atomic mass is 10.1. The van der Waals surface area contributed by atoms with E-state index in [2.05, 4.69) is 36.8 Å². The number of hydrogen-bond acceptors (Lipinski definition) is 5. The van der Waals surface area contributed by atoms with Crippen LogP contribution in [0.4, 0.5) is 0 Å². The van der Waals surface area contributed by atoms with Crippen molar-refractivity contribution in [1.29, 1.82) is 0 Å². The quantitative estimate of drug-likeness (QED) is 0.757. The van der Waals surface area contributed by atoms with Crippen LogP contribution in [0.15, 0.2) is 15.5 Å². The Morgan fingerprint density at radius 3 is 2.42 bits per heavy atom. The summed E-state index contributed by atoms with van der Waals surface area (Å²) in [7, 11) is 4.92. The fraction of sp³-hybridized carbons (Fsp3) is 0.727. The molecule has 0 amide bonds. The highest BCUT2D eigenvalue weighted by Crippen LogP contribution is 2.36. The lowest BCUT2D eigenvalue weighted by Gasteiger charge is -2.22. The van der Waals surface area contributed by atoms with Crippen LogP contribution in [0.5, 0.6) is 0 Å². The van der Waals surface area contributed by atoms with Gasteiger partial charge in [0.15, 0.2) is 6.23 Å². The molecule has 19 heavy (non-hydrogen) atoms. The molecule has 2 heterocycles. The first-order valence-electron chi connectivity index (χ1n) is 5.71. The van der Waals surface area contributed by atoms with Gasteiger partial charge in [-0.05, 0) is 31.9 Å². The summed E-state index contributed by atoms with van der Waals surface area (Å²) < 4.78 is 25.5. The second kappa shape index (κ2) is 6.64. The first-order chi connectivity index (χ1) is 9.13. The summed E-state index contributed by atoms with van der Waals surface area (Å²) in [6, 6.07) is 0. The first-order valence-corrected chi connectivity index (χ1v) is 7.30. The van der Waals surface area contributed by atoms with Gasteiger partial charge in [0.25, 0.3) is 0 Å². The van der Waals surface area contributed by atoms with E-state index in [-0.39, 0.29) is 24.5 Å². The molecule has 108 valence electrons. The molecule has 8 heteroatoms.